The molecule has 0 saturated heterocycles. The fourth-order valence-electron chi connectivity index (χ4n) is 3.63. The number of aromatic amines is 1. The first-order valence-electron chi connectivity index (χ1n) is 9.29. The Morgan fingerprint density at radius 1 is 1.14 bits per heavy atom. The Morgan fingerprint density at radius 2 is 1.90 bits per heavy atom. The van der Waals surface area contributed by atoms with E-state index < -0.39 is 0 Å². The number of anilines is 1. The number of thioether (sulfide) groups is 1. The van der Waals surface area contributed by atoms with Crippen molar-refractivity contribution in [2.24, 2.45) is 0 Å². The van der Waals surface area contributed by atoms with Crippen molar-refractivity contribution < 1.29 is 9.18 Å². The van der Waals surface area contributed by atoms with Crippen LogP contribution in [0.4, 0.5) is 10.2 Å². The number of carbonyl (C=O) groups is 1. The van der Waals surface area contributed by atoms with Crippen LogP contribution in [0.2, 0.25) is 0 Å². The first kappa shape index (κ1) is 19.4. The third kappa shape index (κ3) is 4.10. The summed E-state index contributed by atoms with van der Waals surface area (Å²) in [5.41, 5.74) is 4.29. The molecule has 29 heavy (non-hydrogen) atoms. The molecule has 148 valence electrons. The summed E-state index contributed by atoms with van der Waals surface area (Å²) in [5.74, 6) is 0.0637. The Kier molecular flexibility index (Phi) is 5.24. The van der Waals surface area contributed by atoms with Gasteiger partial charge in [-0.3, -0.25) is 9.59 Å². The highest BCUT2D eigenvalue weighted by Gasteiger charge is 2.31. The van der Waals surface area contributed by atoms with Crippen molar-refractivity contribution in [3.63, 3.8) is 0 Å². The minimum Gasteiger partial charge on any atom is -0.310 e. The minimum atomic E-state index is -0.327. The number of H-pyrrole nitrogens is 1. The lowest BCUT2D eigenvalue weighted by Crippen LogP contribution is -2.31. The van der Waals surface area contributed by atoms with Crippen molar-refractivity contribution in [1.82, 2.24) is 9.97 Å². The van der Waals surface area contributed by atoms with Gasteiger partial charge in [-0.2, -0.15) is 0 Å². The molecule has 2 N–H and O–H groups in total. The zero-order valence-electron chi connectivity index (χ0n) is 16.1. The van der Waals surface area contributed by atoms with Crippen LogP contribution in [-0.4, -0.2) is 15.9 Å². The summed E-state index contributed by atoms with van der Waals surface area (Å²) in [6.45, 7) is 4.00. The lowest BCUT2D eigenvalue weighted by atomic mass is 9.84. The molecule has 3 aromatic rings. The highest BCUT2D eigenvalue weighted by molar-refractivity contribution is 7.98. The smallest absolute Gasteiger partial charge is 0.257 e. The van der Waals surface area contributed by atoms with Gasteiger partial charge in [0.05, 0.1) is 5.56 Å². The molecule has 4 rings (SSSR count). The van der Waals surface area contributed by atoms with E-state index in [-0.39, 0.29) is 29.6 Å². The van der Waals surface area contributed by atoms with Gasteiger partial charge in [-0.15, -0.1) is 0 Å². The average molecular weight is 409 g/mol. The second kappa shape index (κ2) is 7.83. The third-order valence-electron chi connectivity index (χ3n) is 5.02. The number of fused-ring (bicyclic) bond motifs is 1. The number of rotatable bonds is 4. The normalized spacial score (nSPS) is 15.7. The number of hydrogen-bond donors (Lipinski definition) is 2. The molecular weight excluding hydrogens is 389 g/mol. The van der Waals surface area contributed by atoms with Crippen LogP contribution >= 0.6 is 11.8 Å². The summed E-state index contributed by atoms with van der Waals surface area (Å²) in [6, 6.07) is 12.2. The van der Waals surface area contributed by atoms with Crippen molar-refractivity contribution in [2.75, 3.05) is 5.32 Å². The second-order valence-electron chi connectivity index (χ2n) is 7.21. The van der Waals surface area contributed by atoms with Crippen LogP contribution in [0.5, 0.6) is 0 Å². The topological polar surface area (TPSA) is 74.8 Å². The second-order valence-corrected chi connectivity index (χ2v) is 8.18. The largest absolute Gasteiger partial charge is 0.310 e. The highest BCUT2D eigenvalue weighted by atomic mass is 32.2. The van der Waals surface area contributed by atoms with Gasteiger partial charge in [0.2, 0.25) is 5.91 Å². The van der Waals surface area contributed by atoms with E-state index in [4.69, 9.17) is 0 Å². The van der Waals surface area contributed by atoms with Crippen LogP contribution in [0.15, 0.2) is 52.4 Å². The summed E-state index contributed by atoms with van der Waals surface area (Å²) in [7, 11) is 0. The molecule has 0 unspecified atom stereocenters. The summed E-state index contributed by atoms with van der Waals surface area (Å²) in [4.78, 5) is 32.5. The molecular formula is C22H20FN3O2S. The number of aryl methyl sites for hydroxylation is 2. The van der Waals surface area contributed by atoms with Gasteiger partial charge < -0.3 is 10.3 Å². The number of benzene rings is 2. The molecule has 0 spiro atoms. The van der Waals surface area contributed by atoms with Gasteiger partial charge in [0, 0.05) is 18.1 Å². The van der Waals surface area contributed by atoms with Crippen molar-refractivity contribution in [2.45, 2.75) is 37.1 Å². The number of nitrogens with one attached hydrogen (secondary N) is 2. The molecule has 0 saturated carbocycles. The van der Waals surface area contributed by atoms with E-state index in [1.165, 1.54) is 23.9 Å². The number of aromatic nitrogens is 2. The Labute approximate surface area is 171 Å². The van der Waals surface area contributed by atoms with E-state index in [1.54, 1.807) is 12.1 Å². The van der Waals surface area contributed by atoms with Crippen molar-refractivity contribution in [3.8, 4) is 0 Å². The van der Waals surface area contributed by atoms with Crippen LogP contribution in [-0.2, 0) is 10.5 Å². The van der Waals surface area contributed by atoms with Crippen molar-refractivity contribution >= 4 is 23.5 Å². The van der Waals surface area contributed by atoms with Gasteiger partial charge in [0.1, 0.15) is 11.6 Å². The number of amides is 1. The average Bonchev–Trinajstić information content (AvgIpc) is 2.66. The van der Waals surface area contributed by atoms with E-state index in [9.17, 15) is 14.0 Å². The Morgan fingerprint density at radius 3 is 2.62 bits per heavy atom. The van der Waals surface area contributed by atoms with Gasteiger partial charge in [0.15, 0.2) is 5.16 Å². The van der Waals surface area contributed by atoms with E-state index in [2.05, 4.69) is 21.4 Å². The maximum Gasteiger partial charge on any atom is 0.257 e. The number of nitrogens with zero attached hydrogens (tertiary/aromatic N) is 1. The first-order valence-corrected chi connectivity index (χ1v) is 10.3. The fraction of sp³-hybridized carbons (Fsp3) is 0.227. The molecule has 1 atom stereocenters. The number of halogens is 1. The fourth-order valence-corrected chi connectivity index (χ4v) is 4.45. The summed E-state index contributed by atoms with van der Waals surface area (Å²) in [5, 5.41) is 3.16. The van der Waals surface area contributed by atoms with Gasteiger partial charge in [-0.25, -0.2) is 9.37 Å². The minimum absolute atomic E-state index is 0.157. The van der Waals surface area contributed by atoms with Gasteiger partial charge in [-0.1, -0.05) is 47.7 Å². The Hall–Kier alpha value is -2.93. The number of hydrogen-bond acceptors (Lipinski definition) is 4. The lowest BCUT2D eigenvalue weighted by molar-refractivity contribution is -0.116. The molecule has 0 radical (unpaired) electrons. The van der Waals surface area contributed by atoms with Crippen molar-refractivity contribution in [1.29, 1.82) is 0 Å². The van der Waals surface area contributed by atoms with E-state index in [0.717, 1.165) is 22.3 Å². The van der Waals surface area contributed by atoms with Gasteiger partial charge in [0.25, 0.3) is 5.56 Å². The molecule has 0 bridgehead atoms. The summed E-state index contributed by atoms with van der Waals surface area (Å²) >= 11 is 1.33. The van der Waals surface area contributed by atoms with Gasteiger partial charge >= 0.3 is 0 Å². The molecule has 2 heterocycles. The van der Waals surface area contributed by atoms with Crippen LogP contribution in [0, 0.1) is 19.7 Å². The molecule has 1 aliphatic rings. The predicted octanol–water partition coefficient (Wildman–Crippen LogP) is 4.29. The molecule has 1 amide bonds. The predicted molar refractivity (Wildman–Crippen MR) is 112 cm³/mol. The highest BCUT2D eigenvalue weighted by Crippen LogP contribution is 2.36. The molecule has 5 nitrogen and oxygen atoms in total. The summed E-state index contributed by atoms with van der Waals surface area (Å²) < 4.78 is 13.0. The van der Waals surface area contributed by atoms with E-state index in [1.807, 2.05) is 26.0 Å². The molecule has 2 aromatic carbocycles. The molecule has 0 aliphatic carbocycles. The van der Waals surface area contributed by atoms with Crippen LogP contribution in [0.3, 0.4) is 0 Å². The maximum absolute atomic E-state index is 13.0. The molecule has 0 fully saturated rings. The van der Waals surface area contributed by atoms with Crippen LogP contribution in [0.25, 0.3) is 0 Å². The molecule has 7 heteroatoms. The SMILES string of the molecule is Cc1ccc([C@@H]2CC(=O)Nc3nc(SCc4ccc(F)cc4)[nH]c(=O)c32)c(C)c1. The molecule has 1 aliphatic heterocycles. The lowest BCUT2D eigenvalue weighted by Gasteiger charge is -2.25. The standard InChI is InChI=1S/C22H20FN3O2S/c1-12-3-8-16(13(2)9-12)17-10-18(27)24-20-19(17)21(28)26-22(25-20)29-11-14-4-6-15(23)7-5-14/h3-9,17H,10-11H2,1-2H3,(H2,24,25,26,27,28)/t17-/m0/s1. The maximum atomic E-state index is 13.0. The Bertz CT molecular complexity index is 1140. The van der Waals surface area contributed by atoms with Gasteiger partial charge in [-0.05, 0) is 42.7 Å². The third-order valence-corrected chi connectivity index (χ3v) is 5.96. The van der Waals surface area contributed by atoms with Crippen molar-refractivity contribution in [3.05, 3.63) is 86.5 Å². The molecule has 1 aromatic heterocycles. The monoisotopic (exact) mass is 409 g/mol. The van der Waals surface area contributed by atoms with Crippen LogP contribution in [0.1, 0.15) is 40.2 Å². The zero-order valence-corrected chi connectivity index (χ0v) is 16.9. The van der Waals surface area contributed by atoms with E-state index >= 15 is 0 Å². The first-order chi connectivity index (χ1) is 13.9. The van der Waals surface area contributed by atoms with Crippen LogP contribution < -0.4 is 10.9 Å². The zero-order chi connectivity index (χ0) is 20.5. The summed E-state index contributed by atoms with van der Waals surface area (Å²) in [6.07, 6.45) is 0.212. The quantitative estimate of drug-likeness (QED) is 0.498. The number of carbonyl (C=O) groups excluding carboxylic acids is 1. The van der Waals surface area contributed by atoms with E-state index in [0.29, 0.717) is 22.3 Å². The Balaban J connectivity index is 1.66.